The number of rotatable bonds is 7. The highest BCUT2D eigenvalue weighted by Crippen LogP contribution is 2.30. The Morgan fingerprint density at radius 1 is 1.15 bits per heavy atom. The monoisotopic (exact) mass is 371 g/mol. The maximum Gasteiger partial charge on any atom is 0.196 e. The van der Waals surface area contributed by atoms with Crippen LogP contribution in [0.15, 0.2) is 53.7 Å². The summed E-state index contributed by atoms with van der Waals surface area (Å²) in [6.45, 7) is 4.00. The van der Waals surface area contributed by atoms with Gasteiger partial charge in [-0.1, -0.05) is 23.9 Å². The fourth-order valence-electron chi connectivity index (χ4n) is 2.43. The molecule has 0 N–H and O–H groups in total. The quantitative estimate of drug-likeness (QED) is 0.584. The maximum absolute atomic E-state index is 14.4. The van der Waals surface area contributed by atoms with Gasteiger partial charge in [-0.3, -0.25) is 9.36 Å². The van der Waals surface area contributed by atoms with Gasteiger partial charge in [0, 0.05) is 5.56 Å². The van der Waals surface area contributed by atoms with Crippen LogP contribution in [0.1, 0.15) is 13.8 Å². The van der Waals surface area contributed by atoms with Gasteiger partial charge in [0.15, 0.2) is 11.0 Å². The van der Waals surface area contributed by atoms with Crippen molar-refractivity contribution in [3.8, 4) is 22.8 Å². The van der Waals surface area contributed by atoms with Crippen molar-refractivity contribution in [1.29, 1.82) is 0 Å². The Kier molecular flexibility index (Phi) is 5.68. The predicted octanol–water partition coefficient (Wildman–Crippen LogP) is 4.15. The molecule has 0 aliphatic heterocycles. The zero-order chi connectivity index (χ0) is 18.5. The minimum atomic E-state index is -0.385. The number of para-hydroxylation sites is 1. The van der Waals surface area contributed by atoms with Crippen molar-refractivity contribution < 1.29 is 13.9 Å². The molecule has 5 nitrogen and oxygen atoms in total. The van der Waals surface area contributed by atoms with Crippen LogP contribution >= 0.6 is 11.8 Å². The largest absolute Gasteiger partial charge is 0.494 e. The van der Waals surface area contributed by atoms with Gasteiger partial charge in [0.1, 0.15) is 17.3 Å². The van der Waals surface area contributed by atoms with E-state index in [0.29, 0.717) is 23.3 Å². The van der Waals surface area contributed by atoms with E-state index in [4.69, 9.17) is 4.74 Å². The number of hydrogen-bond donors (Lipinski definition) is 0. The summed E-state index contributed by atoms with van der Waals surface area (Å²) in [7, 11) is 0. The Labute approximate surface area is 155 Å². The second kappa shape index (κ2) is 8.14. The van der Waals surface area contributed by atoms with Gasteiger partial charge in [0.25, 0.3) is 0 Å². The third-order valence-corrected chi connectivity index (χ3v) is 4.63. The zero-order valence-electron chi connectivity index (χ0n) is 14.5. The van der Waals surface area contributed by atoms with Gasteiger partial charge in [-0.2, -0.15) is 0 Å². The number of carbonyl (C=O) groups is 1. The number of nitrogens with zero attached hydrogens (tertiary/aromatic N) is 3. The van der Waals surface area contributed by atoms with Crippen molar-refractivity contribution in [2.45, 2.75) is 19.0 Å². The van der Waals surface area contributed by atoms with E-state index in [-0.39, 0.29) is 17.4 Å². The number of halogens is 1. The summed E-state index contributed by atoms with van der Waals surface area (Å²) >= 11 is 1.23. The molecule has 0 aliphatic carbocycles. The van der Waals surface area contributed by atoms with Crippen molar-refractivity contribution in [2.75, 3.05) is 12.4 Å². The lowest BCUT2D eigenvalue weighted by atomic mass is 10.2. The van der Waals surface area contributed by atoms with Crippen LogP contribution in [0.2, 0.25) is 0 Å². The number of hydrogen-bond acceptors (Lipinski definition) is 5. The number of benzene rings is 2. The number of ether oxygens (including phenoxy) is 1. The summed E-state index contributed by atoms with van der Waals surface area (Å²) in [5.74, 6) is 1.13. The van der Waals surface area contributed by atoms with Gasteiger partial charge in [0.05, 0.1) is 18.0 Å². The molecule has 0 fully saturated rings. The molecule has 26 heavy (non-hydrogen) atoms. The normalized spacial score (nSPS) is 10.7. The van der Waals surface area contributed by atoms with Gasteiger partial charge < -0.3 is 4.74 Å². The third-order valence-electron chi connectivity index (χ3n) is 3.55. The molecule has 134 valence electrons. The SMILES string of the molecule is CCOc1ccc(-c2nnc(SCC(C)=O)n2-c2ccccc2F)cc1. The highest BCUT2D eigenvalue weighted by atomic mass is 32.2. The molecule has 0 bridgehead atoms. The lowest BCUT2D eigenvalue weighted by Crippen LogP contribution is -2.04. The van der Waals surface area contributed by atoms with E-state index in [2.05, 4.69) is 10.2 Å². The number of carbonyl (C=O) groups excluding carboxylic acids is 1. The summed E-state index contributed by atoms with van der Waals surface area (Å²) < 4.78 is 21.5. The van der Waals surface area contributed by atoms with Gasteiger partial charge in [-0.05, 0) is 50.2 Å². The smallest absolute Gasteiger partial charge is 0.196 e. The van der Waals surface area contributed by atoms with E-state index >= 15 is 0 Å². The summed E-state index contributed by atoms with van der Waals surface area (Å²) in [5, 5.41) is 8.86. The third kappa shape index (κ3) is 3.94. The van der Waals surface area contributed by atoms with Gasteiger partial charge in [-0.15, -0.1) is 10.2 Å². The molecule has 0 radical (unpaired) electrons. The molecule has 1 heterocycles. The van der Waals surface area contributed by atoms with Crippen molar-refractivity contribution in [1.82, 2.24) is 14.8 Å². The predicted molar refractivity (Wildman–Crippen MR) is 99.3 cm³/mol. The molecule has 0 saturated heterocycles. The van der Waals surface area contributed by atoms with Crippen molar-refractivity contribution >= 4 is 17.5 Å². The summed E-state index contributed by atoms with van der Waals surface area (Å²) in [5.41, 5.74) is 1.12. The topological polar surface area (TPSA) is 57.0 Å². The average molecular weight is 371 g/mol. The van der Waals surface area contributed by atoms with E-state index < -0.39 is 0 Å². The van der Waals surface area contributed by atoms with Crippen molar-refractivity contribution in [3.05, 3.63) is 54.3 Å². The van der Waals surface area contributed by atoms with E-state index in [9.17, 15) is 9.18 Å². The molecular weight excluding hydrogens is 353 g/mol. The second-order valence-corrected chi connectivity index (χ2v) is 6.48. The second-order valence-electron chi connectivity index (χ2n) is 5.54. The molecule has 0 atom stereocenters. The fourth-order valence-corrected chi connectivity index (χ4v) is 3.18. The standard InChI is InChI=1S/C19H18FN3O2S/c1-3-25-15-10-8-14(9-11-15)18-21-22-19(26-12-13(2)24)23(18)17-7-5-4-6-16(17)20/h4-11H,3,12H2,1-2H3. The molecule has 3 rings (SSSR count). The van der Waals surface area contributed by atoms with Crippen molar-refractivity contribution in [2.24, 2.45) is 0 Å². The van der Waals surface area contributed by atoms with E-state index in [1.165, 1.54) is 24.8 Å². The number of ketones is 1. The molecule has 7 heteroatoms. The lowest BCUT2D eigenvalue weighted by molar-refractivity contribution is -0.114. The van der Waals surface area contributed by atoms with E-state index in [1.807, 2.05) is 31.2 Å². The molecule has 0 spiro atoms. The summed E-state index contributed by atoms with van der Waals surface area (Å²) in [4.78, 5) is 11.3. The highest BCUT2D eigenvalue weighted by molar-refractivity contribution is 7.99. The Hall–Kier alpha value is -2.67. The first-order valence-electron chi connectivity index (χ1n) is 8.16. The molecular formula is C19H18FN3O2S. The molecule has 0 amide bonds. The van der Waals surface area contributed by atoms with Crippen LogP contribution in [0.4, 0.5) is 4.39 Å². The first kappa shape index (κ1) is 18.1. The molecule has 3 aromatic rings. The first-order valence-corrected chi connectivity index (χ1v) is 9.14. The molecule has 1 aromatic heterocycles. The van der Waals surface area contributed by atoms with Crippen LogP contribution in [0.3, 0.4) is 0 Å². The van der Waals surface area contributed by atoms with Crippen LogP contribution in [0.5, 0.6) is 5.75 Å². The average Bonchev–Trinajstić information content (AvgIpc) is 3.05. The number of thioether (sulfide) groups is 1. The molecule has 2 aromatic carbocycles. The van der Waals surface area contributed by atoms with E-state index in [0.717, 1.165) is 11.3 Å². The Bertz CT molecular complexity index is 909. The Morgan fingerprint density at radius 2 is 1.88 bits per heavy atom. The van der Waals surface area contributed by atoms with Gasteiger partial charge in [-0.25, -0.2) is 4.39 Å². The summed E-state index contributed by atoms with van der Waals surface area (Å²) in [6.07, 6.45) is 0. The van der Waals surface area contributed by atoms with Crippen molar-refractivity contribution in [3.63, 3.8) is 0 Å². The fraction of sp³-hybridized carbons (Fsp3) is 0.211. The van der Waals surface area contributed by atoms with Crippen LogP contribution in [-0.4, -0.2) is 32.9 Å². The Balaban J connectivity index is 2.07. The maximum atomic E-state index is 14.4. The molecule has 0 aliphatic rings. The Morgan fingerprint density at radius 3 is 2.54 bits per heavy atom. The minimum absolute atomic E-state index is 0.0145. The minimum Gasteiger partial charge on any atom is -0.494 e. The molecule has 0 unspecified atom stereocenters. The van der Waals surface area contributed by atoms with Gasteiger partial charge in [0.2, 0.25) is 0 Å². The van der Waals surface area contributed by atoms with Crippen LogP contribution in [-0.2, 0) is 4.79 Å². The van der Waals surface area contributed by atoms with Crippen LogP contribution < -0.4 is 4.74 Å². The van der Waals surface area contributed by atoms with Crippen LogP contribution in [0, 0.1) is 5.82 Å². The highest BCUT2D eigenvalue weighted by Gasteiger charge is 2.19. The lowest BCUT2D eigenvalue weighted by Gasteiger charge is -2.11. The molecule has 0 saturated carbocycles. The first-order chi connectivity index (χ1) is 12.6. The van der Waals surface area contributed by atoms with Crippen LogP contribution in [0.25, 0.3) is 17.1 Å². The van der Waals surface area contributed by atoms with Gasteiger partial charge >= 0.3 is 0 Å². The zero-order valence-corrected chi connectivity index (χ0v) is 15.3. The number of Topliss-reactive ketones (excluding diaryl/α,β-unsaturated/α-hetero) is 1. The number of aromatic nitrogens is 3. The summed E-state index contributed by atoms with van der Waals surface area (Å²) in [6, 6.07) is 13.8. The van der Waals surface area contributed by atoms with E-state index in [1.54, 1.807) is 22.8 Å².